The summed E-state index contributed by atoms with van der Waals surface area (Å²) in [6, 6.07) is 11.6. The van der Waals surface area contributed by atoms with E-state index in [1.807, 2.05) is 31.2 Å². The maximum atomic E-state index is 13.6. The van der Waals surface area contributed by atoms with Crippen LogP contribution in [0, 0.1) is 0 Å². The topological polar surface area (TPSA) is 75.7 Å². The molecule has 1 aliphatic rings. The van der Waals surface area contributed by atoms with Crippen molar-refractivity contribution in [3.05, 3.63) is 57.5 Å². The highest BCUT2D eigenvalue weighted by Crippen LogP contribution is 2.32. The summed E-state index contributed by atoms with van der Waals surface area (Å²) in [4.78, 5) is 13.0. The summed E-state index contributed by atoms with van der Waals surface area (Å²) in [6.45, 7) is 1.64. The van der Waals surface area contributed by atoms with E-state index in [1.54, 1.807) is 0 Å². The fourth-order valence-corrected chi connectivity index (χ4v) is 6.42. The highest BCUT2D eigenvalue weighted by Gasteiger charge is 2.34. The zero-order valence-corrected chi connectivity index (χ0v) is 21.3. The van der Waals surface area contributed by atoms with Gasteiger partial charge in [0.2, 0.25) is 15.9 Å². The van der Waals surface area contributed by atoms with Gasteiger partial charge in [-0.2, -0.15) is 4.31 Å². The van der Waals surface area contributed by atoms with Crippen LogP contribution in [0.4, 0.5) is 0 Å². The Balaban J connectivity index is 1.84. The van der Waals surface area contributed by atoms with Gasteiger partial charge in [-0.1, -0.05) is 58.9 Å². The van der Waals surface area contributed by atoms with Gasteiger partial charge in [0.05, 0.1) is 29.6 Å². The van der Waals surface area contributed by atoms with Crippen molar-refractivity contribution in [2.24, 2.45) is 0 Å². The highest BCUT2D eigenvalue weighted by molar-refractivity contribution is 9.10. The maximum Gasteiger partial charge on any atom is 0.243 e. The lowest BCUT2D eigenvalue weighted by Crippen LogP contribution is -2.47. The average molecular weight is 544 g/mol. The van der Waals surface area contributed by atoms with Gasteiger partial charge in [0.25, 0.3) is 0 Å². The van der Waals surface area contributed by atoms with Crippen molar-refractivity contribution in [2.75, 3.05) is 13.7 Å². The molecule has 2 aromatic rings. The van der Waals surface area contributed by atoms with Crippen LogP contribution in [0.3, 0.4) is 0 Å². The SMILES string of the molecule is COc1ccc(S(=O)(=O)N(CC(=O)N[C@H](C)c2cccc(Br)c2)C2CCCCC2)cc1Cl. The van der Waals surface area contributed by atoms with Gasteiger partial charge in [-0.3, -0.25) is 4.79 Å². The molecule has 0 radical (unpaired) electrons. The maximum absolute atomic E-state index is 13.6. The quantitative estimate of drug-likeness (QED) is 0.489. The fraction of sp³-hybridized carbons (Fsp3) is 0.435. The number of amides is 1. The van der Waals surface area contributed by atoms with E-state index in [-0.39, 0.29) is 34.5 Å². The summed E-state index contributed by atoms with van der Waals surface area (Å²) in [5, 5.41) is 3.15. The molecule has 1 saturated carbocycles. The number of carbonyl (C=O) groups is 1. The van der Waals surface area contributed by atoms with Crippen LogP contribution in [-0.4, -0.2) is 38.3 Å². The van der Waals surface area contributed by atoms with Crippen molar-refractivity contribution in [2.45, 2.75) is 56.0 Å². The number of hydrogen-bond acceptors (Lipinski definition) is 4. The standard InChI is InChI=1S/C23H28BrClN2O4S/c1-16(17-7-6-8-18(24)13-17)26-23(28)15-27(19-9-4-3-5-10-19)32(29,30)20-11-12-22(31-2)21(25)14-20/h6-8,11-14,16,19H,3-5,9-10,15H2,1-2H3,(H,26,28)/t16-/m1/s1. The van der Waals surface area contributed by atoms with Crippen molar-refractivity contribution >= 4 is 43.5 Å². The average Bonchev–Trinajstić information content (AvgIpc) is 2.77. The van der Waals surface area contributed by atoms with Crippen molar-refractivity contribution in [1.82, 2.24) is 9.62 Å². The molecule has 32 heavy (non-hydrogen) atoms. The van der Waals surface area contributed by atoms with Crippen LogP contribution in [0.1, 0.15) is 50.6 Å². The van der Waals surface area contributed by atoms with Crippen molar-refractivity contribution < 1.29 is 17.9 Å². The first-order valence-electron chi connectivity index (χ1n) is 10.6. The van der Waals surface area contributed by atoms with Crippen LogP contribution in [-0.2, 0) is 14.8 Å². The number of hydrogen-bond donors (Lipinski definition) is 1. The van der Waals surface area contributed by atoms with Crippen LogP contribution in [0.25, 0.3) is 0 Å². The number of rotatable bonds is 8. The van der Waals surface area contributed by atoms with Crippen LogP contribution < -0.4 is 10.1 Å². The molecule has 1 atom stereocenters. The number of nitrogens with zero attached hydrogens (tertiary/aromatic N) is 1. The number of benzene rings is 2. The van der Waals surface area contributed by atoms with Gasteiger partial charge in [0.1, 0.15) is 5.75 Å². The fourth-order valence-electron chi connectivity index (χ4n) is 4.01. The zero-order valence-electron chi connectivity index (χ0n) is 18.2. The smallest absolute Gasteiger partial charge is 0.243 e. The van der Waals surface area contributed by atoms with Crippen LogP contribution in [0.5, 0.6) is 5.75 Å². The molecule has 0 bridgehead atoms. The summed E-state index contributed by atoms with van der Waals surface area (Å²) >= 11 is 9.63. The molecule has 0 aromatic heterocycles. The molecule has 3 rings (SSSR count). The highest BCUT2D eigenvalue weighted by atomic mass is 79.9. The summed E-state index contributed by atoms with van der Waals surface area (Å²) in [7, 11) is -2.45. The monoisotopic (exact) mass is 542 g/mol. The Morgan fingerprint density at radius 3 is 2.56 bits per heavy atom. The second-order valence-electron chi connectivity index (χ2n) is 7.98. The molecular weight excluding hydrogens is 516 g/mol. The van der Waals surface area contributed by atoms with Gasteiger partial charge in [-0.15, -0.1) is 0 Å². The van der Waals surface area contributed by atoms with E-state index < -0.39 is 10.0 Å². The molecule has 1 fully saturated rings. The van der Waals surface area contributed by atoms with Gasteiger partial charge < -0.3 is 10.1 Å². The second kappa shape index (κ2) is 11.0. The van der Waals surface area contributed by atoms with E-state index in [9.17, 15) is 13.2 Å². The van der Waals surface area contributed by atoms with Crippen LogP contribution in [0.15, 0.2) is 51.8 Å². The minimum absolute atomic E-state index is 0.0571. The minimum Gasteiger partial charge on any atom is -0.495 e. The molecule has 174 valence electrons. The lowest BCUT2D eigenvalue weighted by Gasteiger charge is -2.33. The third-order valence-electron chi connectivity index (χ3n) is 5.74. The Labute approximate surface area is 203 Å². The second-order valence-corrected chi connectivity index (χ2v) is 11.2. The van der Waals surface area contributed by atoms with Gasteiger partial charge in [0.15, 0.2) is 0 Å². The van der Waals surface area contributed by atoms with E-state index in [0.717, 1.165) is 42.1 Å². The third-order valence-corrected chi connectivity index (χ3v) is 8.42. The van der Waals surface area contributed by atoms with Gasteiger partial charge in [0, 0.05) is 10.5 Å². The van der Waals surface area contributed by atoms with Crippen molar-refractivity contribution in [3.8, 4) is 5.75 Å². The summed E-state index contributed by atoms with van der Waals surface area (Å²) in [5.74, 6) is 0.0571. The van der Waals surface area contributed by atoms with E-state index >= 15 is 0 Å². The van der Waals surface area contributed by atoms with E-state index in [4.69, 9.17) is 16.3 Å². The van der Waals surface area contributed by atoms with E-state index in [1.165, 1.54) is 29.6 Å². The third kappa shape index (κ3) is 6.04. The summed E-state index contributed by atoms with van der Waals surface area (Å²) in [6.07, 6.45) is 4.42. The van der Waals surface area contributed by atoms with Crippen LogP contribution in [0.2, 0.25) is 5.02 Å². The Kier molecular flexibility index (Phi) is 8.61. The predicted octanol–water partition coefficient (Wildman–Crippen LogP) is 5.31. The summed E-state index contributed by atoms with van der Waals surface area (Å²) in [5.41, 5.74) is 0.932. The molecule has 0 aliphatic heterocycles. The molecule has 0 heterocycles. The lowest BCUT2D eigenvalue weighted by molar-refractivity contribution is -0.122. The molecule has 0 saturated heterocycles. The Hall–Kier alpha value is -1.61. The number of halogens is 2. The first kappa shape index (κ1) is 25.0. The first-order chi connectivity index (χ1) is 15.2. The molecule has 6 nitrogen and oxygen atoms in total. The first-order valence-corrected chi connectivity index (χ1v) is 13.2. The molecule has 0 spiro atoms. The normalized spacial score (nSPS) is 16.0. The molecular formula is C23H28BrClN2O4S. The summed E-state index contributed by atoms with van der Waals surface area (Å²) < 4.78 is 34.5. The molecule has 1 amide bonds. The Morgan fingerprint density at radius 2 is 1.94 bits per heavy atom. The molecule has 1 aliphatic carbocycles. The minimum atomic E-state index is -3.93. The van der Waals surface area contributed by atoms with Crippen molar-refractivity contribution in [1.29, 1.82) is 0 Å². The van der Waals surface area contributed by atoms with Gasteiger partial charge in [-0.25, -0.2) is 8.42 Å². The molecule has 2 aromatic carbocycles. The van der Waals surface area contributed by atoms with Crippen molar-refractivity contribution in [3.63, 3.8) is 0 Å². The number of carbonyl (C=O) groups excluding carboxylic acids is 1. The van der Waals surface area contributed by atoms with Crippen LogP contribution >= 0.6 is 27.5 Å². The lowest BCUT2D eigenvalue weighted by atomic mass is 9.95. The van der Waals surface area contributed by atoms with E-state index in [0.29, 0.717) is 5.75 Å². The zero-order chi connectivity index (χ0) is 23.3. The molecule has 9 heteroatoms. The molecule has 0 unspecified atom stereocenters. The predicted molar refractivity (Wildman–Crippen MR) is 129 cm³/mol. The van der Waals surface area contributed by atoms with Gasteiger partial charge >= 0.3 is 0 Å². The Morgan fingerprint density at radius 1 is 1.22 bits per heavy atom. The number of methoxy groups -OCH3 is 1. The molecule has 1 N–H and O–H groups in total. The largest absolute Gasteiger partial charge is 0.495 e. The Bertz CT molecular complexity index is 1060. The van der Waals surface area contributed by atoms with Gasteiger partial charge in [-0.05, 0) is 55.7 Å². The number of sulfonamides is 1. The number of nitrogens with one attached hydrogen (secondary N) is 1. The number of ether oxygens (including phenoxy) is 1. The van der Waals surface area contributed by atoms with E-state index in [2.05, 4.69) is 21.2 Å².